The number of carbonyl (C=O) groups is 2. The minimum Gasteiger partial charge on any atom is -0.296 e. The SMILES string of the molecule is CC1CCC2(CC1)CC(=O)NC(=O)C2c1ccc(F)cc1. The second-order valence-corrected chi connectivity index (χ2v) is 6.62. The number of halogens is 1. The summed E-state index contributed by atoms with van der Waals surface area (Å²) in [6.07, 6.45) is 4.24. The maximum atomic E-state index is 13.1. The molecule has 1 saturated heterocycles. The summed E-state index contributed by atoms with van der Waals surface area (Å²) < 4.78 is 13.1. The third kappa shape index (κ3) is 2.59. The smallest absolute Gasteiger partial charge is 0.234 e. The van der Waals surface area contributed by atoms with Gasteiger partial charge in [-0.2, -0.15) is 0 Å². The summed E-state index contributed by atoms with van der Waals surface area (Å²) >= 11 is 0. The van der Waals surface area contributed by atoms with Gasteiger partial charge in [0, 0.05) is 6.42 Å². The lowest BCUT2D eigenvalue weighted by Gasteiger charge is -2.46. The van der Waals surface area contributed by atoms with Crippen molar-refractivity contribution < 1.29 is 14.0 Å². The summed E-state index contributed by atoms with van der Waals surface area (Å²) in [4.78, 5) is 24.3. The van der Waals surface area contributed by atoms with Crippen LogP contribution in [0.15, 0.2) is 24.3 Å². The first-order valence-electron chi connectivity index (χ1n) is 7.59. The van der Waals surface area contributed by atoms with Crippen LogP contribution in [0.25, 0.3) is 0 Å². The number of piperidine rings is 1. The molecule has 4 heteroatoms. The van der Waals surface area contributed by atoms with E-state index in [2.05, 4.69) is 12.2 Å². The predicted octanol–water partition coefficient (Wildman–Crippen LogP) is 3.15. The number of amides is 2. The fourth-order valence-corrected chi connectivity index (χ4v) is 3.92. The molecule has 0 radical (unpaired) electrons. The zero-order valence-electron chi connectivity index (χ0n) is 12.2. The molecule has 3 rings (SSSR count). The van der Waals surface area contributed by atoms with Gasteiger partial charge in [-0.05, 0) is 41.9 Å². The van der Waals surface area contributed by atoms with Gasteiger partial charge in [-0.15, -0.1) is 0 Å². The van der Waals surface area contributed by atoms with Crippen LogP contribution in [0.5, 0.6) is 0 Å². The second kappa shape index (κ2) is 5.24. The van der Waals surface area contributed by atoms with Gasteiger partial charge >= 0.3 is 0 Å². The number of carbonyl (C=O) groups excluding carboxylic acids is 2. The number of imide groups is 1. The van der Waals surface area contributed by atoms with Gasteiger partial charge in [-0.3, -0.25) is 14.9 Å². The molecular weight excluding hydrogens is 269 g/mol. The Bertz CT molecular complexity index is 559. The van der Waals surface area contributed by atoms with Crippen molar-refractivity contribution in [3.05, 3.63) is 35.6 Å². The van der Waals surface area contributed by atoms with E-state index in [-0.39, 0.29) is 29.0 Å². The first kappa shape index (κ1) is 14.2. The van der Waals surface area contributed by atoms with Gasteiger partial charge < -0.3 is 0 Å². The topological polar surface area (TPSA) is 46.2 Å². The number of hydrogen-bond acceptors (Lipinski definition) is 2. The van der Waals surface area contributed by atoms with Crippen molar-refractivity contribution in [1.82, 2.24) is 5.32 Å². The fraction of sp³-hybridized carbons (Fsp3) is 0.529. The molecule has 2 aliphatic rings. The van der Waals surface area contributed by atoms with Crippen LogP contribution in [0.1, 0.15) is 50.5 Å². The van der Waals surface area contributed by atoms with E-state index in [1.54, 1.807) is 12.1 Å². The molecule has 2 amide bonds. The van der Waals surface area contributed by atoms with Crippen LogP contribution in [-0.4, -0.2) is 11.8 Å². The fourth-order valence-electron chi connectivity index (χ4n) is 3.92. The standard InChI is InChI=1S/C17H20FNO2/c1-11-6-8-17(9-7-11)10-14(20)19-16(21)15(17)12-2-4-13(18)5-3-12/h2-5,11,15H,6-10H2,1H3,(H,19,20,21). The van der Waals surface area contributed by atoms with Crippen molar-refractivity contribution in [2.75, 3.05) is 0 Å². The Labute approximate surface area is 123 Å². The van der Waals surface area contributed by atoms with Crippen molar-refractivity contribution in [3.63, 3.8) is 0 Å². The second-order valence-electron chi connectivity index (χ2n) is 6.62. The van der Waals surface area contributed by atoms with Crippen LogP contribution in [-0.2, 0) is 9.59 Å². The number of benzene rings is 1. The molecule has 21 heavy (non-hydrogen) atoms. The molecule has 1 spiro atoms. The van der Waals surface area contributed by atoms with Crippen molar-refractivity contribution in [2.45, 2.75) is 44.9 Å². The molecule has 1 saturated carbocycles. The number of rotatable bonds is 1. The molecule has 1 unspecified atom stereocenters. The highest BCUT2D eigenvalue weighted by Crippen LogP contribution is 2.52. The molecular formula is C17H20FNO2. The predicted molar refractivity (Wildman–Crippen MR) is 77.0 cm³/mol. The molecule has 2 fully saturated rings. The largest absolute Gasteiger partial charge is 0.296 e. The average molecular weight is 289 g/mol. The molecule has 0 bridgehead atoms. The summed E-state index contributed by atoms with van der Waals surface area (Å²) in [5.74, 6) is -0.412. The van der Waals surface area contributed by atoms with Crippen LogP contribution < -0.4 is 5.32 Å². The zero-order chi connectivity index (χ0) is 15.0. The molecule has 1 N–H and O–H groups in total. The van der Waals surface area contributed by atoms with Gasteiger partial charge in [-0.25, -0.2) is 4.39 Å². The van der Waals surface area contributed by atoms with E-state index >= 15 is 0 Å². The molecule has 1 atom stereocenters. The van der Waals surface area contributed by atoms with Gasteiger partial charge in [0.05, 0.1) is 5.92 Å². The highest BCUT2D eigenvalue weighted by Gasteiger charge is 2.50. The third-order valence-corrected chi connectivity index (χ3v) is 5.12. The Morgan fingerprint density at radius 1 is 1.14 bits per heavy atom. The van der Waals surface area contributed by atoms with Gasteiger partial charge in [-0.1, -0.05) is 31.9 Å². The highest BCUT2D eigenvalue weighted by atomic mass is 19.1. The minimum atomic E-state index is -0.344. The number of hydrogen-bond donors (Lipinski definition) is 1. The van der Waals surface area contributed by atoms with E-state index in [1.807, 2.05) is 0 Å². The quantitative estimate of drug-likeness (QED) is 0.807. The van der Waals surface area contributed by atoms with Crippen molar-refractivity contribution in [3.8, 4) is 0 Å². The summed E-state index contributed by atoms with van der Waals surface area (Å²) in [6, 6.07) is 6.13. The van der Waals surface area contributed by atoms with Crippen molar-refractivity contribution in [1.29, 1.82) is 0 Å². The van der Waals surface area contributed by atoms with E-state index in [0.717, 1.165) is 31.2 Å². The molecule has 1 aromatic carbocycles. The van der Waals surface area contributed by atoms with E-state index in [1.165, 1.54) is 12.1 Å². The van der Waals surface area contributed by atoms with Gasteiger partial charge in [0.1, 0.15) is 5.82 Å². The molecule has 3 nitrogen and oxygen atoms in total. The van der Waals surface area contributed by atoms with Crippen LogP contribution in [0.2, 0.25) is 0 Å². The Morgan fingerprint density at radius 2 is 1.76 bits per heavy atom. The molecule has 1 aromatic rings. The van der Waals surface area contributed by atoms with Gasteiger partial charge in [0.2, 0.25) is 11.8 Å². The van der Waals surface area contributed by atoms with Crippen LogP contribution in [0.4, 0.5) is 4.39 Å². The summed E-state index contributed by atoms with van der Waals surface area (Å²) in [5, 5.41) is 2.45. The van der Waals surface area contributed by atoms with E-state index in [4.69, 9.17) is 0 Å². The van der Waals surface area contributed by atoms with Crippen molar-refractivity contribution >= 4 is 11.8 Å². The maximum absolute atomic E-state index is 13.1. The first-order chi connectivity index (χ1) is 10.00. The van der Waals surface area contributed by atoms with Crippen LogP contribution in [0, 0.1) is 17.2 Å². The maximum Gasteiger partial charge on any atom is 0.234 e. The van der Waals surface area contributed by atoms with Crippen molar-refractivity contribution in [2.24, 2.45) is 11.3 Å². The Morgan fingerprint density at radius 3 is 2.38 bits per heavy atom. The Hall–Kier alpha value is -1.71. The molecule has 1 aliphatic carbocycles. The molecule has 0 aromatic heterocycles. The molecule has 1 heterocycles. The first-order valence-corrected chi connectivity index (χ1v) is 7.59. The van der Waals surface area contributed by atoms with Crippen LogP contribution in [0.3, 0.4) is 0 Å². The lowest BCUT2D eigenvalue weighted by atomic mass is 9.59. The number of nitrogens with one attached hydrogen (secondary N) is 1. The Balaban J connectivity index is 1.99. The van der Waals surface area contributed by atoms with E-state index in [0.29, 0.717) is 12.3 Å². The van der Waals surface area contributed by atoms with Crippen LogP contribution >= 0.6 is 0 Å². The van der Waals surface area contributed by atoms with E-state index in [9.17, 15) is 14.0 Å². The van der Waals surface area contributed by atoms with Gasteiger partial charge in [0.15, 0.2) is 0 Å². The van der Waals surface area contributed by atoms with E-state index < -0.39 is 0 Å². The summed E-state index contributed by atoms with van der Waals surface area (Å²) in [6.45, 7) is 2.21. The normalized spacial score (nSPS) is 33.0. The monoisotopic (exact) mass is 289 g/mol. The highest BCUT2D eigenvalue weighted by molar-refractivity contribution is 6.02. The summed E-state index contributed by atoms with van der Waals surface area (Å²) in [5.41, 5.74) is 0.528. The lowest BCUT2D eigenvalue weighted by Crippen LogP contribution is -2.51. The zero-order valence-corrected chi connectivity index (χ0v) is 12.2. The summed E-state index contributed by atoms with van der Waals surface area (Å²) in [7, 11) is 0. The minimum absolute atomic E-state index is 0.173. The third-order valence-electron chi connectivity index (χ3n) is 5.12. The molecule has 1 aliphatic heterocycles. The van der Waals surface area contributed by atoms with Gasteiger partial charge in [0.25, 0.3) is 0 Å². The Kier molecular flexibility index (Phi) is 3.56. The lowest BCUT2D eigenvalue weighted by molar-refractivity contribution is -0.141. The molecule has 112 valence electrons. The average Bonchev–Trinajstić information content (AvgIpc) is 2.44.